The van der Waals surface area contributed by atoms with Gasteiger partial charge in [-0.3, -0.25) is 4.99 Å². The van der Waals surface area contributed by atoms with Crippen molar-refractivity contribution in [1.82, 2.24) is 0 Å². The van der Waals surface area contributed by atoms with E-state index in [1.165, 1.54) is 0 Å². The highest BCUT2D eigenvalue weighted by Gasteiger charge is 2.06. The maximum Gasteiger partial charge on any atom is 0.143 e. The minimum absolute atomic E-state index is 0.131. The molecule has 2 N–H and O–H groups in total. The number of rotatable bonds is 5. The first-order chi connectivity index (χ1) is 10.2. The number of para-hydroxylation sites is 1. The summed E-state index contributed by atoms with van der Waals surface area (Å²) in [5, 5.41) is 19.8. The number of nitrogens with zero attached hydrogens (tertiary/aromatic N) is 2. The lowest BCUT2D eigenvalue weighted by molar-refractivity contribution is 0.474. The Bertz CT molecular complexity index is 634. The van der Waals surface area contributed by atoms with Crippen molar-refractivity contribution in [2.75, 3.05) is 18.0 Å². The van der Waals surface area contributed by atoms with Crippen LogP contribution in [0.5, 0.6) is 11.5 Å². The van der Waals surface area contributed by atoms with Crippen LogP contribution in [0.3, 0.4) is 0 Å². The third-order valence-electron chi connectivity index (χ3n) is 3.37. The van der Waals surface area contributed by atoms with Crippen LogP contribution in [0.15, 0.2) is 47.5 Å². The van der Waals surface area contributed by atoms with E-state index in [0.29, 0.717) is 11.3 Å². The van der Waals surface area contributed by atoms with Gasteiger partial charge >= 0.3 is 0 Å². The minimum Gasteiger partial charge on any atom is -0.507 e. The molecular formula is C17H20N2O2. The van der Waals surface area contributed by atoms with Gasteiger partial charge < -0.3 is 15.1 Å². The number of hydrogen-bond acceptors (Lipinski definition) is 4. The Balaban J connectivity index is 2.24. The maximum atomic E-state index is 10.1. The lowest BCUT2D eigenvalue weighted by atomic mass is 10.2. The highest BCUT2D eigenvalue weighted by atomic mass is 16.3. The van der Waals surface area contributed by atoms with Crippen LogP contribution in [0.1, 0.15) is 19.4 Å². The van der Waals surface area contributed by atoms with Crippen molar-refractivity contribution in [2.45, 2.75) is 13.8 Å². The Morgan fingerprint density at radius 3 is 2.33 bits per heavy atom. The molecule has 2 rings (SSSR count). The molecule has 2 aromatic carbocycles. The molecule has 0 spiro atoms. The van der Waals surface area contributed by atoms with Crippen LogP contribution < -0.4 is 4.90 Å². The summed E-state index contributed by atoms with van der Waals surface area (Å²) in [5.41, 5.74) is 2.07. The van der Waals surface area contributed by atoms with Gasteiger partial charge in [0.1, 0.15) is 17.2 Å². The molecule has 0 fully saturated rings. The van der Waals surface area contributed by atoms with E-state index in [4.69, 9.17) is 0 Å². The van der Waals surface area contributed by atoms with Crippen LogP contribution in [-0.2, 0) is 0 Å². The molecule has 110 valence electrons. The summed E-state index contributed by atoms with van der Waals surface area (Å²) in [7, 11) is 0. The first-order valence-corrected chi connectivity index (χ1v) is 7.05. The summed E-state index contributed by atoms with van der Waals surface area (Å²) in [5.74, 6) is 0.298. The number of hydrogen-bond donors (Lipinski definition) is 2. The van der Waals surface area contributed by atoms with Crippen molar-refractivity contribution < 1.29 is 10.2 Å². The molecule has 0 saturated carbocycles. The van der Waals surface area contributed by atoms with Crippen molar-refractivity contribution in [3.8, 4) is 11.5 Å². The molecule has 0 saturated heterocycles. The number of anilines is 1. The summed E-state index contributed by atoms with van der Waals surface area (Å²) in [6, 6.07) is 12.4. The van der Waals surface area contributed by atoms with Gasteiger partial charge in [0.25, 0.3) is 0 Å². The monoisotopic (exact) mass is 284 g/mol. The zero-order chi connectivity index (χ0) is 15.2. The summed E-state index contributed by atoms with van der Waals surface area (Å²) < 4.78 is 0. The molecule has 21 heavy (non-hydrogen) atoms. The van der Waals surface area contributed by atoms with Crippen molar-refractivity contribution in [1.29, 1.82) is 0 Å². The molecule has 4 heteroatoms. The average Bonchev–Trinajstić information content (AvgIpc) is 2.49. The number of phenols is 2. The number of aromatic hydroxyl groups is 2. The molecule has 4 nitrogen and oxygen atoms in total. The van der Waals surface area contributed by atoms with Gasteiger partial charge in [-0.2, -0.15) is 0 Å². The van der Waals surface area contributed by atoms with Gasteiger partial charge in [-0.25, -0.2) is 0 Å². The standard InChI is InChI=1S/C17H20N2O2/c1-3-19(4-2)14-9-10-15(17(21)11-14)18-12-13-7-5-6-8-16(13)20/h5-12,20-21H,3-4H2,1-2H3. The Morgan fingerprint density at radius 1 is 1.00 bits per heavy atom. The quantitative estimate of drug-likeness (QED) is 0.823. The molecule has 0 aliphatic carbocycles. The van der Waals surface area contributed by atoms with Crippen LogP contribution >= 0.6 is 0 Å². The maximum absolute atomic E-state index is 10.1. The van der Waals surface area contributed by atoms with Gasteiger partial charge in [0, 0.05) is 36.6 Å². The number of benzene rings is 2. The Morgan fingerprint density at radius 2 is 1.71 bits per heavy atom. The van der Waals surface area contributed by atoms with Crippen LogP contribution in [0.2, 0.25) is 0 Å². The molecule has 0 atom stereocenters. The normalized spacial score (nSPS) is 11.0. The number of phenolic OH excluding ortho intramolecular Hbond substituents is 2. The molecule has 0 radical (unpaired) electrons. The van der Waals surface area contributed by atoms with Crippen molar-refractivity contribution >= 4 is 17.6 Å². The van der Waals surface area contributed by atoms with E-state index < -0.39 is 0 Å². The molecule has 0 amide bonds. The molecule has 0 aromatic heterocycles. The van der Waals surface area contributed by atoms with Gasteiger partial charge in [-0.05, 0) is 38.1 Å². The van der Waals surface area contributed by atoms with Gasteiger partial charge in [0.2, 0.25) is 0 Å². The van der Waals surface area contributed by atoms with E-state index in [0.717, 1.165) is 18.8 Å². The van der Waals surface area contributed by atoms with Gasteiger partial charge in [0.15, 0.2) is 0 Å². The van der Waals surface area contributed by atoms with Crippen LogP contribution in [-0.4, -0.2) is 29.5 Å². The van der Waals surface area contributed by atoms with Gasteiger partial charge in [-0.1, -0.05) is 12.1 Å². The fourth-order valence-electron chi connectivity index (χ4n) is 2.14. The van der Waals surface area contributed by atoms with E-state index >= 15 is 0 Å². The molecule has 0 heterocycles. The zero-order valence-corrected chi connectivity index (χ0v) is 12.3. The SMILES string of the molecule is CCN(CC)c1ccc(N=Cc2ccccc2O)c(O)c1. The van der Waals surface area contributed by atoms with E-state index in [9.17, 15) is 10.2 Å². The largest absolute Gasteiger partial charge is 0.507 e. The zero-order valence-electron chi connectivity index (χ0n) is 12.3. The summed E-state index contributed by atoms with van der Waals surface area (Å²) >= 11 is 0. The smallest absolute Gasteiger partial charge is 0.143 e. The predicted molar refractivity (Wildman–Crippen MR) is 87.0 cm³/mol. The van der Waals surface area contributed by atoms with Crippen LogP contribution in [0.25, 0.3) is 0 Å². The second kappa shape index (κ2) is 6.79. The Kier molecular flexibility index (Phi) is 4.82. The van der Waals surface area contributed by atoms with Gasteiger partial charge in [0.05, 0.1) is 0 Å². The molecule has 0 aliphatic heterocycles. The average molecular weight is 284 g/mol. The minimum atomic E-state index is 0.131. The van der Waals surface area contributed by atoms with Crippen LogP contribution in [0, 0.1) is 0 Å². The van der Waals surface area contributed by atoms with Crippen LogP contribution in [0.4, 0.5) is 11.4 Å². The topological polar surface area (TPSA) is 56.1 Å². The van der Waals surface area contributed by atoms with Crippen molar-refractivity contribution in [2.24, 2.45) is 4.99 Å². The third kappa shape index (κ3) is 3.54. The number of aliphatic imine (C=N–C) groups is 1. The summed E-state index contributed by atoms with van der Waals surface area (Å²) in [6.45, 7) is 5.92. The summed E-state index contributed by atoms with van der Waals surface area (Å²) in [6.07, 6.45) is 1.54. The third-order valence-corrected chi connectivity index (χ3v) is 3.37. The van der Waals surface area contributed by atoms with E-state index in [2.05, 4.69) is 23.7 Å². The predicted octanol–water partition coefficient (Wildman–Crippen LogP) is 3.69. The summed E-state index contributed by atoms with van der Waals surface area (Å²) in [4.78, 5) is 6.38. The van der Waals surface area contributed by atoms with E-state index in [1.807, 2.05) is 12.1 Å². The molecular weight excluding hydrogens is 264 g/mol. The van der Waals surface area contributed by atoms with Crippen molar-refractivity contribution in [3.05, 3.63) is 48.0 Å². The lowest BCUT2D eigenvalue weighted by Crippen LogP contribution is -2.21. The molecule has 0 unspecified atom stereocenters. The van der Waals surface area contributed by atoms with Gasteiger partial charge in [-0.15, -0.1) is 0 Å². The first-order valence-electron chi connectivity index (χ1n) is 7.05. The second-order valence-electron chi connectivity index (χ2n) is 4.66. The fourth-order valence-corrected chi connectivity index (χ4v) is 2.14. The molecule has 2 aromatic rings. The van der Waals surface area contributed by atoms with E-state index in [1.54, 1.807) is 36.5 Å². The second-order valence-corrected chi connectivity index (χ2v) is 4.66. The van der Waals surface area contributed by atoms with Crippen molar-refractivity contribution in [3.63, 3.8) is 0 Å². The Hall–Kier alpha value is -2.49. The highest BCUT2D eigenvalue weighted by Crippen LogP contribution is 2.31. The Labute approximate surface area is 125 Å². The molecule has 0 bridgehead atoms. The fraction of sp³-hybridized carbons (Fsp3) is 0.235. The lowest BCUT2D eigenvalue weighted by Gasteiger charge is -2.21. The van der Waals surface area contributed by atoms with E-state index in [-0.39, 0.29) is 11.5 Å². The first kappa shape index (κ1) is 14.9. The highest BCUT2D eigenvalue weighted by molar-refractivity contribution is 5.86. The molecule has 0 aliphatic rings.